The number of piperidine rings is 4. The Kier molecular flexibility index (Phi) is 4.10. The van der Waals surface area contributed by atoms with E-state index in [0.717, 1.165) is 19.3 Å². The number of ether oxygens (including phenoxy) is 1. The fraction of sp³-hybridized carbons (Fsp3) is 0.593. The second kappa shape index (κ2) is 6.65. The lowest BCUT2D eigenvalue weighted by Gasteiger charge is -2.67. The Hall–Kier alpha value is -2.35. The van der Waals surface area contributed by atoms with Crippen molar-refractivity contribution >= 4 is 11.7 Å². The molecule has 1 spiro atoms. The summed E-state index contributed by atoms with van der Waals surface area (Å²) in [5.41, 5.74) is 2.20. The minimum Gasteiger partial charge on any atom is -0.463 e. The summed E-state index contributed by atoms with van der Waals surface area (Å²) < 4.78 is 11.3. The van der Waals surface area contributed by atoms with Gasteiger partial charge in [-0.2, -0.15) is 0 Å². The number of carbonyl (C=O) groups is 1. The molecule has 7 nitrogen and oxygen atoms in total. The Labute approximate surface area is 199 Å². The number of fused-ring (bicyclic) bond motifs is 2. The first-order chi connectivity index (χ1) is 16.4. The first-order valence-corrected chi connectivity index (χ1v) is 12.6. The molecule has 4 saturated heterocycles. The van der Waals surface area contributed by atoms with Crippen molar-refractivity contribution in [1.29, 1.82) is 0 Å². The molecule has 2 aromatic rings. The number of aliphatic hydroxyl groups is 2. The number of likely N-dealkylation sites (N-methyl/N-ethyl adjacent to an activating group) is 1. The first kappa shape index (κ1) is 21.0. The molecule has 34 heavy (non-hydrogen) atoms. The Balaban J connectivity index is 1.41. The van der Waals surface area contributed by atoms with Gasteiger partial charge in [-0.05, 0) is 36.1 Å². The fourth-order valence-electron chi connectivity index (χ4n) is 9.65. The topological polar surface area (TPSA) is 83.1 Å². The Morgan fingerprint density at radius 1 is 1.24 bits per heavy atom. The van der Waals surface area contributed by atoms with Gasteiger partial charge in [-0.1, -0.05) is 25.1 Å². The molecular weight excluding hydrogens is 432 g/mol. The molecule has 5 bridgehead atoms. The summed E-state index contributed by atoms with van der Waals surface area (Å²) >= 11 is 0. The first-order valence-electron chi connectivity index (χ1n) is 12.6. The molecule has 10 atom stereocenters. The molecule has 5 fully saturated rings. The average molecular weight is 466 g/mol. The van der Waals surface area contributed by atoms with Gasteiger partial charge < -0.3 is 24.3 Å². The van der Waals surface area contributed by atoms with Gasteiger partial charge in [0.1, 0.15) is 12.6 Å². The molecule has 1 aliphatic carbocycles. The van der Waals surface area contributed by atoms with Gasteiger partial charge in [0.25, 0.3) is 0 Å². The minimum absolute atomic E-state index is 0.119. The van der Waals surface area contributed by atoms with Crippen molar-refractivity contribution in [2.45, 2.75) is 68.6 Å². The highest BCUT2D eigenvalue weighted by Gasteiger charge is 2.83. The fourth-order valence-corrected chi connectivity index (χ4v) is 9.65. The molecule has 1 saturated carbocycles. The number of para-hydroxylation sites is 1. The molecule has 6 aliphatic rings. The lowest BCUT2D eigenvalue weighted by Crippen LogP contribution is -2.82. The maximum atomic E-state index is 12.1. The van der Waals surface area contributed by atoms with Gasteiger partial charge in [-0.15, -0.1) is 0 Å². The third-order valence-electron chi connectivity index (χ3n) is 10.6. The third kappa shape index (κ3) is 2.10. The van der Waals surface area contributed by atoms with Crippen LogP contribution in [-0.4, -0.2) is 65.3 Å². The second-order valence-electron chi connectivity index (χ2n) is 11.3. The van der Waals surface area contributed by atoms with E-state index in [-0.39, 0.29) is 41.1 Å². The highest BCUT2D eigenvalue weighted by atomic mass is 16.5. The number of quaternary nitrogens is 1. The summed E-state index contributed by atoms with van der Waals surface area (Å²) in [5, 5.41) is 24.1. The monoisotopic (exact) mass is 465 g/mol. The number of hydrogen-bond acceptors (Lipinski definition) is 6. The van der Waals surface area contributed by atoms with Crippen molar-refractivity contribution < 1.29 is 28.6 Å². The van der Waals surface area contributed by atoms with Gasteiger partial charge in [-0.25, -0.2) is 4.79 Å². The molecule has 1 aromatic heterocycles. The number of hydrogen-bond donors (Lipinski definition) is 2. The summed E-state index contributed by atoms with van der Waals surface area (Å²) in [6, 6.07) is 12.6. The molecule has 0 unspecified atom stereocenters. The quantitative estimate of drug-likeness (QED) is 0.534. The Morgan fingerprint density at radius 2 is 2.03 bits per heavy atom. The van der Waals surface area contributed by atoms with Crippen molar-refractivity contribution in [3.63, 3.8) is 0 Å². The summed E-state index contributed by atoms with van der Waals surface area (Å²) in [5.74, 6) is 1.04. The number of rotatable bonds is 4. The normalized spacial score (nSPS) is 44.9. The zero-order chi connectivity index (χ0) is 23.6. The van der Waals surface area contributed by atoms with E-state index in [2.05, 4.69) is 43.1 Å². The van der Waals surface area contributed by atoms with Crippen LogP contribution in [0.5, 0.6) is 0 Å². The van der Waals surface area contributed by atoms with Crippen LogP contribution >= 0.6 is 0 Å². The summed E-state index contributed by atoms with van der Waals surface area (Å²) in [6.07, 6.45) is 1.83. The average Bonchev–Trinajstić information content (AvgIpc) is 3.47. The third-order valence-corrected chi connectivity index (χ3v) is 10.6. The molecule has 0 radical (unpaired) electrons. The smallest absolute Gasteiger partial charge is 0.373 e. The molecule has 6 heterocycles. The predicted molar refractivity (Wildman–Crippen MR) is 124 cm³/mol. The molecule has 180 valence electrons. The summed E-state index contributed by atoms with van der Waals surface area (Å²) in [7, 11) is 3.51. The van der Waals surface area contributed by atoms with Crippen molar-refractivity contribution in [1.82, 2.24) is 0 Å². The molecule has 8 rings (SSSR count). The number of furan rings is 1. The van der Waals surface area contributed by atoms with Crippen LogP contribution in [0.4, 0.5) is 5.69 Å². The van der Waals surface area contributed by atoms with Gasteiger partial charge >= 0.3 is 5.97 Å². The van der Waals surface area contributed by atoms with Crippen LogP contribution in [0.1, 0.15) is 48.1 Å². The number of carbonyl (C=O) groups excluding carboxylic acids is 1. The number of esters is 1. The van der Waals surface area contributed by atoms with Crippen LogP contribution in [0, 0.1) is 17.8 Å². The number of methoxy groups -OCH3 is 1. The van der Waals surface area contributed by atoms with Gasteiger partial charge in [0, 0.05) is 37.4 Å². The molecule has 5 aliphatic heterocycles. The van der Waals surface area contributed by atoms with E-state index in [9.17, 15) is 15.0 Å². The van der Waals surface area contributed by atoms with Crippen LogP contribution in [0.2, 0.25) is 0 Å². The Bertz CT molecular complexity index is 1180. The highest BCUT2D eigenvalue weighted by molar-refractivity contribution is 5.86. The molecular formula is C27H33N2O5+. The van der Waals surface area contributed by atoms with E-state index in [1.54, 1.807) is 6.07 Å². The lowest BCUT2D eigenvalue weighted by atomic mass is 9.60. The number of aliphatic hydroxyl groups excluding tert-OH is 2. The zero-order valence-corrected chi connectivity index (χ0v) is 19.9. The lowest BCUT2D eigenvalue weighted by molar-refractivity contribution is -1.05. The highest BCUT2D eigenvalue weighted by Crippen LogP contribution is 2.71. The second-order valence-corrected chi connectivity index (χ2v) is 11.3. The summed E-state index contributed by atoms with van der Waals surface area (Å²) in [4.78, 5) is 14.4. The van der Waals surface area contributed by atoms with Gasteiger partial charge in [0.15, 0.2) is 12.0 Å². The van der Waals surface area contributed by atoms with Gasteiger partial charge in [0.2, 0.25) is 5.76 Å². The van der Waals surface area contributed by atoms with Crippen molar-refractivity contribution in [2.24, 2.45) is 17.8 Å². The van der Waals surface area contributed by atoms with Crippen LogP contribution in [0.15, 0.2) is 40.8 Å². The van der Waals surface area contributed by atoms with Crippen LogP contribution < -0.4 is 4.90 Å². The molecule has 0 amide bonds. The molecule has 7 heteroatoms. The van der Waals surface area contributed by atoms with Gasteiger partial charge in [0.05, 0.1) is 30.7 Å². The van der Waals surface area contributed by atoms with E-state index in [0.29, 0.717) is 22.7 Å². The predicted octanol–water partition coefficient (Wildman–Crippen LogP) is 2.65. The maximum Gasteiger partial charge on any atom is 0.373 e. The van der Waals surface area contributed by atoms with E-state index >= 15 is 0 Å². The van der Waals surface area contributed by atoms with Crippen molar-refractivity contribution in [3.8, 4) is 0 Å². The molecule has 2 N–H and O–H groups in total. The number of benzene rings is 1. The molecule has 1 aromatic carbocycles. The van der Waals surface area contributed by atoms with Crippen LogP contribution in [0.3, 0.4) is 0 Å². The summed E-state index contributed by atoms with van der Waals surface area (Å²) in [6.45, 7) is 2.69. The maximum absolute atomic E-state index is 12.1. The Morgan fingerprint density at radius 3 is 2.79 bits per heavy atom. The van der Waals surface area contributed by atoms with Crippen molar-refractivity contribution in [3.05, 3.63) is 53.5 Å². The van der Waals surface area contributed by atoms with Crippen LogP contribution in [-0.2, 0) is 16.7 Å². The SMILES string of the molecule is CC[C@H]1[C@@H]2C[C@H]3[C@@H]4N(C)c5ccccc5[C@@]45C[C@@H]([C@@H]2[C@@H]5O)[N@+]3(Cc2ccc(C(=O)OC)o2)[C@@H]1O. The van der Waals surface area contributed by atoms with E-state index in [4.69, 9.17) is 9.15 Å². The van der Waals surface area contributed by atoms with Crippen molar-refractivity contribution in [2.75, 3.05) is 19.1 Å². The number of anilines is 1. The minimum atomic E-state index is -0.512. The van der Waals surface area contributed by atoms with Gasteiger partial charge in [-0.3, -0.25) is 4.48 Å². The van der Waals surface area contributed by atoms with Crippen LogP contribution in [0.25, 0.3) is 0 Å². The van der Waals surface area contributed by atoms with E-state index < -0.39 is 18.3 Å². The van der Waals surface area contributed by atoms with E-state index in [1.807, 2.05) is 6.07 Å². The largest absolute Gasteiger partial charge is 0.463 e. The van der Waals surface area contributed by atoms with E-state index in [1.165, 1.54) is 18.4 Å². The zero-order valence-electron chi connectivity index (χ0n) is 19.9. The number of nitrogens with zero attached hydrogens (tertiary/aromatic N) is 2. The standard InChI is InChI=1S/C27H33N2O5/c1-4-15-16-11-19-23-27(17-7-5-6-8-18(17)28(23)2)12-20(22(16)24(27)30)29(19,25(15)31)13-14-9-10-21(34-14)26(32)33-3/h5-10,15-16,19-20,22-25,30-31H,4,11-13H2,1-3H3/q+1/t15-,16-,19-,20-,22+,23-,24-,25+,27-,29+/m0/s1.